The Morgan fingerprint density at radius 3 is 2.46 bits per heavy atom. The molecule has 3 aromatic carbocycles. The first-order valence-corrected chi connectivity index (χ1v) is 10.6. The van der Waals surface area contributed by atoms with Gasteiger partial charge in [0.1, 0.15) is 11.3 Å². The van der Waals surface area contributed by atoms with Crippen LogP contribution >= 0.6 is 0 Å². The Bertz CT molecular complexity index is 1240. The van der Waals surface area contributed by atoms with Gasteiger partial charge in [0.15, 0.2) is 11.5 Å². The number of hydrogen-bond acceptors (Lipinski definition) is 8. The molecular formula is C25H23N3O7. The molecule has 180 valence electrons. The summed E-state index contributed by atoms with van der Waals surface area (Å²) in [4.78, 5) is 34.9. The molecule has 35 heavy (non-hydrogen) atoms. The second-order valence-electron chi connectivity index (χ2n) is 7.12. The van der Waals surface area contributed by atoms with Crippen LogP contribution in [0.4, 0.5) is 5.69 Å². The maximum atomic E-state index is 12.6. The lowest BCUT2D eigenvalue weighted by Crippen LogP contribution is -2.19. The van der Waals surface area contributed by atoms with E-state index in [0.29, 0.717) is 29.2 Å². The van der Waals surface area contributed by atoms with Crippen molar-refractivity contribution in [2.24, 2.45) is 5.10 Å². The molecule has 0 saturated heterocycles. The van der Waals surface area contributed by atoms with Gasteiger partial charge < -0.3 is 14.2 Å². The van der Waals surface area contributed by atoms with E-state index in [-0.39, 0.29) is 29.3 Å². The van der Waals surface area contributed by atoms with Crippen LogP contribution in [0.5, 0.6) is 17.2 Å². The summed E-state index contributed by atoms with van der Waals surface area (Å²) in [6.07, 6.45) is 1.43. The zero-order chi connectivity index (χ0) is 25.2. The molecule has 0 aliphatic rings. The minimum absolute atomic E-state index is 0.0113. The van der Waals surface area contributed by atoms with Crippen LogP contribution in [0.25, 0.3) is 0 Å². The largest absolute Gasteiger partial charge is 0.496 e. The minimum Gasteiger partial charge on any atom is -0.496 e. The number of para-hydroxylation sites is 1. The van der Waals surface area contributed by atoms with Crippen molar-refractivity contribution < 1.29 is 28.7 Å². The number of nitrogens with one attached hydrogen (secondary N) is 1. The Morgan fingerprint density at radius 1 is 1.03 bits per heavy atom. The van der Waals surface area contributed by atoms with Gasteiger partial charge in [-0.25, -0.2) is 10.2 Å². The van der Waals surface area contributed by atoms with Gasteiger partial charge >= 0.3 is 5.97 Å². The molecule has 0 atom stereocenters. The van der Waals surface area contributed by atoms with E-state index in [9.17, 15) is 19.7 Å². The molecule has 0 aliphatic carbocycles. The molecule has 0 heterocycles. The van der Waals surface area contributed by atoms with Gasteiger partial charge in [0.2, 0.25) is 5.91 Å². The third kappa shape index (κ3) is 6.87. The van der Waals surface area contributed by atoms with Gasteiger partial charge in [-0.15, -0.1) is 0 Å². The van der Waals surface area contributed by atoms with Crippen LogP contribution in [0.1, 0.15) is 28.4 Å². The number of methoxy groups -OCH3 is 1. The molecular weight excluding hydrogens is 454 g/mol. The van der Waals surface area contributed by atoms with Crippen LogP contribution in [0.3, 0.4) is 0 Å². The maximum Gasteiger partial charge on any atom is 0.347 e. The molecule has 10 heteroatoms. The molecule has 10 nitrogen and oxygen atoms in total. The van der Waals surface area contributed by atoms with Crippen LogP contribution in [-0.4, -0.2) is 36.7 Å². The van der Waals surface area contributed by atoms with E-state index in [0.717, 1.165) is 0 Å². The standard InChI is InChI=1S/C25H23N3O7/c1-3-34-23-14-18(10-13-22(23)35-25(30)20-6-4-5-7-21(20)33-2)16-26-27-24(29)15-17-8-11-19(12-9-17)28(31)32/h4-14,16H,3,15H2,1-2H3,(H,27,29)/b26-16-. The average molecular weight is 477 g/mol. The van der Waals surface area contributed by atoms with Crippen molar-refractivity contribution in [2.75, 3.05) is 13.7 Å². The van der Waals surface area contributed by atoms with Crippen LogP contribution in [0, 0.1) is 10.1 Å². The second-order valence-corrected chi connectivity index (χ2v) is 7.12. The SMILES string of the molecule is CCOc1cc(/C=N\NC(=O)Cc2ccc([N+](=O)[O-])cc2)ccc1OC(=O)c1ccccc1OC. The molecule has 3 rings (SSSR count). The van der Waals surface area contributed by atoms with Crippen molar-refractivity contribution in [1.29, 1.82) is 0 Å². The number of nitro benzene ring substituents is 1. The summed E-state index contributed by atoms with van der Waals surface area (Å²) in [5, 5.41) is 14.6. The van der Waals surface area contributed by atoms with Gasteiger partial charge in [0.05, 0.1) is 31.3 Å². The Labute approximate surface area is 201 Å². The van der Waals surface area contributed by atoms with E-state index < -0.39 is 10.9 Å². The zero-order valence-electron chi connectivity index (χ0n) is 19.1. The van der Waals surface area contributed by atoms with Crippen LogP contribution in [0.2, 0.25) is 0 Å². The summed E-state index contributed by atoms with van der Waals surface area (Å²) in [5.41, 5.74) is 3.85. The summed E-state index contributed by atoms with van der Waals surface area (Å²) < 4.78 is 16.3. The first-order chi connectivity index (χ1) is 16.9. The average Bonchev–Trinajstić information content (AvgIpc) is 2.86. The maximum absolute atomic E-state index is 12.6. The molecule has 0 saturated carbocycles. The van der Waals surface area contributed by atoms with E-state index in [2.05, 4.69) is 10.5 Å². The van der Waals surface area contributed by atoms with Gasteiger partial charge in [-0.3, -0.25) is 14.9 Å². The number of non-ortho nitro benzene ring substituents is 1. The second kappa shape index (κ2) is 11.9. The van der Waals surface area contributed by atoms with Gasteiger partial charge in [-0.05, 0) is 48.4 Å². The number of hydrazone groups is 1. The summed E-state index contributed by atoms with van der Waals surface area (Å²) in [7, 11) is 1.47. The van der Waals surface area contributed by atoms with Gasteiger partial charge in [0, 0.05) is 12.1 Å². The summed E-state index contributed by atoms with van der Waals surface area (Å²) >= 11 is 0. The number of rotatable bonds is 10. The molecule has 1 N–H and O–H groups in total. The molecule has 0 aromatic heterocycles. The lowest BCUT2D eigenvalue weighted by atomic mass is 10.1. The Hall–Kier alpha value is -4.73. The number of nitro groups is 1. The molecule has 0 unspecified atom stereocenters. The fraction of sp³-hybridized carbons (Fsp3) is 0.160. The number of benzene rings is 3. The quantitative estimate of drug-likeness (QED) is 0.154. The lowest BCUT2D eigenvalue weighted by Gasteiger charge is -2.12. The van der Waals surface area contributed by atoms with E-state index in [4.69, 9.17) is 14.2 Å². The Kier molecular flexibility index (Phi) is 8.49. The highest BCUT2D eigenvalue weighted by Crippen LogP contribution is 2.30. The van der Waals surface area contributed by atoms with E-state index >= 15 is 0 Å². The smallest absolute Gasteiger partial charge is 0.347 e. The molecule has 0 bridgehead atoms. The number of carbonyl (C=O) groups excluding carboxylic acids is 2. The molecule has 0 aliphatic heterocycles. The number of hydrogen-bond donors (Lipinski definition) is 1. The van der Waals surface area contributed by atoms with Crippen molar-refractivity contribution in [3.8, 4) is 17.2 Å². The van der Waals surface area contributed by atoms with Gasteiger partial charge in [-0.2, -0.15) is 5.10 Å². The number of esters is 1. The van der Waals surface area contributed by atoms with Crippen molar-refractivity contribution in [3.63, 3.8) is 0 Å². The fourth-order valence-electron chi connectivity index (χ4n) is 3.06. The molecule has 0 fully saturated rings. The first-order valence-electron chi connectivity index (χ1n) is 10.6. The molecule has 0 spiro atoms. The number of nitrogens with zero attached hydrogens (tertiary/aromatic N) is 2. The van der Waals surface area contributed by atoms with E-state index in [1.54, 1.807) is 49.4 Å². The van der Waals surface area contributed by atoms with Crippen LogP contribution in [0.15, 0.2) is 71.8 Å². The Balaban J connectivity index is 1.64. The highest BCUT2D eigenvalue weighted by Gasteiger charge is 2.17. The topological polar surface area (TPSA) is 129 Å². The van der Waals surface area contributed by atoms with Crippen molar-refractivity contribution in [2.45, 2.75) is 13.3 Å². The number of carbonyl (C=O) groups is 2. The summed E-state index contributed by atoms with van der Waals surface area (Å²) in [6, 6.07) is 17.3. The predicted octanol–water partition coefficient (Wildman–Crippen LogP) is 3.91. The third-order valence-corrected chi connectivity index (χ3v) is 4.71. The number of ether oxygens (including phenoxy) is 3. The molecule has 3 aromatic rings. The van der Waals surface area contributed by atoms with E-state index in [1.165, 1.54) is 37.6 Å². The van der Waals surface area contributed by atoms with Crippen molar-refractivity contribution in [3.05, 3.63) is 93.5 Å². The van der Waals surface area contributed by atoms with Gasteiger partial charge in [-0.1, -0.05) is 24.3 Å². The first kappa shape index (κ1) is 24.9. The Morgan fingerprint density at radius 2 is 1.77 bits per heavy atom. The van der Waals surface area contributed by atoms with Crippen molar-refractivity contribution in [1.82, 2.24) is 5.43 Å². The monoisotopic (exact) mass is 477 g/mol. The predicted molar refractivity (Wildman–Crippen MR) is 128 cm³/mol. The minimum atomic E-state index is -0.594. The number of amides is 1. The van der Waals surface area contributed by atoms with Gasteiger partial charge in [0.25, 0.3) is 5.69 Å². The summed E-state index contributed by atoms with van der Waals surface area (Å²) in [5.74, 6) is -0.0338. The highest BCUT2D eigenvalue weighted by atomic mass is 16.6. The highest BCUT2D eigenvalue weighted by molar-refractivity contribution is 5.94. The van der Waals surface area contributed by atoms with Crippen molar-refractivity contribution >= 4 is 23.8 Å². The third-order valence-electron chi connectivity index (χ3n) is 4.71. The zero-order valence-corrected chi connectivity index (χ0v) is 19.1. The molecule has 1 amide bonds. The lowest BCUT2D eigenvalue weighted by molar-refractivity contribution is -0.384. The molecule has 0 radical (unpaired) electrons. The van der Waals surface area contributed by atoms with Crippen LogP contribution in [-0.2, 0) is 11.2 Å². The summed E-state index contributed by atoms with van der Waals surface area (Å²) in [6.45, 7) is 2.14. The fourth-order valence-corrected chi connectivity index (χ4v) is 3.06. The van der Waals surface area contributed by atoms with E-state index in [1.807, 2.05) is 0 Å². The normalized spacial score (nSPS) is 10.6. The van der Waals surface area contributed by atoms with Crippen LogP contribution < -0.4 is 19.6 Å².